The molecule has 2 aliphatic rings. The fraction of sp³-hybridized carbons (Fsp3) is 0.333. The molecule has 0 radical (unpaired) electrons. The van der Waals surface area contributed by atoms with Crippen molar-refractivity contribution in [3.8, 4) is 0 Å². The van der Waals surface area contributed by atoms with Crippen LogP contribution >= 0.6 is 23.2 Å². The molecule has 1 amide bonds. The second-order valence-corrected chi connectivity index (χ2v) is 10.2. The molecule has 1 N–H and O–H groups in total. The van der Waals surface area contributed by atoms with E-state index in [0.717, 1.165) is 0 Å². The van der Waals surface area contributed by atoms with Crippen LogP contribution in [-0.2, 0) is 27.6 Å². The van der Waals surface area contributed by atoms with Gasteiger partial charge in [-0.2, -0.15) is 13.2 Å². The van der Waals surface area contributed by atoms with Crippen molar-refractivity contribution in [1.82, 2.24) is 10.5 Å². The molecule has 2 heterocycles. The lowest BCUT2D eigenvalue weighted by Gasteiger charge is -2.35. The van der Waals surface area contributed by atoms with Crippen molar-refractivity contribution in [2.75, 3.05) is 11.5 Å². The Morgan fingerprint density at radius 3 is 2.53 bits per heavy atom. The van der Waals surface area contributed by atoms with E-state index in [9.17, 15) is 22.5 Å². The highest BCUT2D eigenvalue weighted by molar-refractivity contribution is 7.92. The molecule has 0 spiro atoms. The van der Waals surface area contributed by atoms with Gasteiger partial charge in [-0.1, -0.05) is 40.5 Å². The van der Waals surface area contributed by atoms with Crippen LogP contribution in [0.3, 0.4) is 0 Å². The number of carbonyl (C=O) groups is 1. The summed E-state index contributed by atoms with van der Waals surface area (Å²) in [4.78, 5) is 13.0. The lowest BCUT2D eigenvalue weighted by atomic mass is 9.69. The van der Waals surface area contributed by atoms with Gasteiger partial charge in [0.25, 0.3) is 5.91 Å². The van der Waals surface area contributed by atoms with Crippen LogP contribution in [0.2, 0.25) is 10.0 Å². The molecule has 5 nitrogen and oxygen atoms in total. The van der Waals surface area contributed by atoms with Crippen LogP contribution in [0.15, 0.2) is 52.3 Å². The first-order valence-electron chi connectivity index (χ1n) is 9.54. The van der Waals surface area contributed by atoms with Crippen molar-refractivity contribution in [2.24, 2.45) is 0 Å². The number of benzene rings is 1. The lowest BCUT2D eigenvalue weighted by Crippen LogP contribution is -2.53. The fourth-order valence-corrected chi connectivity index (χ4v) is 5.40. The van der Waals surface area contributed by atoms with Crippen molar-refractivity contribution in [3.63, 3.8) is 0 Å². The third-order valence-electron chi connectivity index (χ3n) is 5.58. The second-order valence-electron chi connectivity index (χ2n) is 7.80. The monoisotopic (exact) mass is 504 g/mol. The Morgan fingerprint density at radius 1 is 1.28 bits per heavy atom. The van der Waals surface area contributed by atoms with Gasteiger partial charge in [0.05, 0.1) is 5.41 Å². The van der Waals surface area contributed by atoms with Crippen molar-refractivity contribution < 1.29 is 27.0 Å². The Morgan fingerprint density at radius 2 is 1.94 bits per heavy atom. The largest absolute Gasteiger partial charge is 0.616 e. The van der Waals surface area contributed by atoms with Crippen molar-refractivity contribution >= 4 is 40.3 Å². The third kappa shape index (κ3) is 4.31. The normalized spacial score (nSPS) is 25.6. The number of nitrogens with one attached hydrogen (secondary N) is 1. The number of alkyl halides is 3. The van der Waals surface area contributed by atoms with Crippen molar-refractivity contribution in [3.05, 3.63) is 74.6 Å². The van der Waals surface area contributed by atoms with Gasteiger partial charge in [-0.25, -0.2) is 0 Å². The smallest absolute Gasteiger partial charge is 0.421 e. The van der Waals surface area contributed by atoms with Crippen LogP contribution < -0.4 is 5.32 Å². The van der Waals surface area contributed by atoms with Crippen molar-refractivity contribution in [2.45, 2.75) is 31.0 Å². The van der Waals surface area contributed by atoms with Gasteiger partial charge in [0, 0.05) is 15.6 Å². The molecule has 4 rings (SSSR count). The molecule has 170 valence electrons. The predicted molar refractivity (Wildman–Crippen MR) is 115 cm³/mol. The molecule has 11 heteroatoms. The average molecular weight is 505 g/mol. The zero-order valence-corrected chi connectivity index (χ0v) is 19.0. The summed E-state index contributed by atoms with van der Waals surface area (Å²) >= 11 is 11.4. The van der Waals surface area contributed by atoms with E-state index in [-0.39, 0.29) is 33.8 Å². The van der Waals surface area contributed by atoms with E-state index in [1.165, 1.54) is 24.3 Å². The third-order valence-corrected chi connectivity index (χ3v) is 7.56. The van der Waals surface area contributed by atoms with Gasteiger partial charge in [-0.15, -0.1) is 0 Å². The van der Waals surface area contributed by atoms with Crippen molar-refractivity contribution in [1.29, 1.82) is 0 Å². The van der Waals surface area contributed by atoms with Crippen LogP contribution in [0.5, 0.6) is 0 Å². The minimum Gasteiger partial charge on any atom is -0.616 e. The summed E-state index contributed by atoms with van der Waals surface area (Å²) in [5, 5.41) is 6.95. The van der Waals surface area contributed by atoms with Crippen LogP contribution in [0.25, 0.3) is 0 Å². The maximum atomic E-state index is 13.8. The van der Waals surface area contributed by atoms with Crippen LogP contribution in [0.4, 0.5) is 13.2 Å². The number of allylic oxidation sites excluding steroid dienone is 2. The first-order valence-corrected chi connectivity index (χ1v) is 11.8. The fourth-order valence-electron chi connectivity index (χ4n) is 3.91. The summed E-state index contributed by atoms with van der Waals surface area (Å²) in [6.45, 7) is 1.70. The molecule has 1 fully saturated rings. The summed E-state index contributed by atoms with van der Waals surface area (Å²) < 4.78 is 57.4. The van der Waals surface area contributed by atoms with Gasteiger partial charge in [0.2, 0.25) is 0 Å². The topological polar surface area (TPSA) is 78.2 Å². The molecular weight excluding hydrogens is 488 g/mol. The Hall–Kier alpha value is -1.94. The number of hydrogen-bond acceptors (Lipinski definition) is 4. The van der Waals surface area contributed by atoms with Gasteiger partial charge in [0.15, 0.2) is 0 Å². The Balaban J connectivity index is 1.87. The highest BCUT2D eigenvalue weighted by Crippen LogP contribution is 2.47. The summed E-state index contributed by atoms with van der Waals surface area (Å²) in [5.41, 5.74) is -1.80. The number of carbonyl (C=O) groups excluding carboxylic acids is 1. The summed E-state index contributed by atoms with van der Waals surface area (Å²) in [6.07, 6.45) is -0.964. The molecule has 1 aromatic carbocycles. The molecule has 1 aromatic heterocycles. The van der Waals surface area contributed by atoms with E-state index in [1.807, 2.05) is 0 Å². The maximum Gasteiger partial charge on any atom is 0.421 e. The molecule has 1 aliphatic carbocycles. The highest BCUT2D eigenvalue weighted by atomic mass is 35.5. The number of amides is 1. The number of hydrogen-bond donors (Lipinski definition) is 1. The maximum absolute atomic E-state index is 13.8. The number of aromatic nitrogens is 1. The second kappa shape index (κ2) is 8.44. The van der Waals surface area contributed by atoms with E-state index in [2.05, 4.69) is 10.5 Å². The number of rotatable bonds is 4. The quantitative estimate of drug-likeness (QED) is 0.606. The Bertz CT molecular complexity index is 1110. The SMILES string of the molecule is CC1=CCC(c2cc(Cl)cc(Cl)c2)(c2nocc2C(F)(F)F)C=C1C(=O)NC1C[S+]([O-])C1. The molecule has 1 aliphatic heterocycles. The molecule has 0 saturated carbocycles. The highest BCUT2D eigenvalue weighted by Gasteiger charge is 2.47. The van der Waals surface area contributed by atoms with E-state index >= 15 is 0 Å². The van der Waals surface area contributed by atoms with Gasteiger partial charge < -0.3 is 14.4 Å². The molecule has 1 saturated heterocycles. The summed E-state index contributed by atoms with van der Waals surface area (Å²) in [6, 6.07) is 4.22. The van der Waals surface area contributed by atoms with E-state index in [4.69, 9.17) is 27.7 Å². The average Bonchev–Trinajstić information content (AvgIpc) is 3.17. The van der Waals surface area contributed by atoms with E-state index in [1.54, 1.807) is 13.0 Å². The lowest BCUT2D eigenvalue weighted by molar-refractivity contribution is -0.138. The van der Waals surface area contributed by atoms with Crippen LogP contribution in [0, 0.1) is 0 Å². The summed E-state index contributed by atoms with van der Waals surface area (Å²) in [5.74, 6) is 0.228. The molecule has 32 heavy (non-hydrogen) atoms. The summed E-state index contributed by atoms with van der Waals surface area (Å²) in [7, 11) is 0. The number of halogens is 5. The minimum absolute atomic E-state index is 0.0787. The first kappa shape index (κ1) is 23.2. The number of nitrogens with zero attached hydrogens (tertiary/aromatic N) is 1. The van der Waals surface area contributed by atoms with E-state index in [0.29, 0.717) is 28.9 Å². The zero-order valence-electron chi connectivity index (χ0n) is 16.6. The van der Waals surface area contributed by atoms with E-state index < -0.39 is 34.2 Å². The van der Waals surface area contributed by atoms with Crippen LogP contribution in [0.1, 0.15) is 30.2 Å². The van der Waals surface area contributed by atoms with Gasteiger partial charge >= 0.3 is 6.18 Å². The van der Waals surface area contributed by atoms with Gasteiger partial charge in [-0.05, 0) is 53.9 Å². The predicted octanol–water partition coefficient (Wildman–Crippen LogP) is 4.81. The van der Waals surface area contributed by atoms with Gasteiger partial charge in [-0.3, -0.25) is 4.79 Å². The van der Waals surface area contributed by atoms with Crippen LogP contribution in [-0.4, -0.2) is 33.2 Å². The molecular formula is C21H17Cl2F3N2O3S. The first-order chi connectivity index (χ1) is 15.0. The zero-order chi connectivity index (χ0) is 23.3. The Labute approximate surface area is 194 Å². The molecule has 1 atom stereocenters. The minimum atomic E-state index is -4.73. The standard InChI is InChI=1S/C21H17Cl2F3N2O3S/c1-11-2-3-20(12-4-13(22)6-14(23)5-12,18-17(8-31-28-18)21(24,25)26)7-16(11)19(29)27-15-9-32(30)10-15/h2,4-8,15H,3,9-10H2,1H3,(H,27,29). The molecule has 1 unspecified atom stereocenters. The van der Waals surface area contributed by atoms with Gasteiger partial charge in [0.1, 0.15) is 35.1 Å². The molecule has 0 bridgehead atoms. The molecule has 2 aromatic rings. The Kier molecular flexibility index (Phi) is 6.13.